The minimum Gasteiger partial charge on any atom is -0.421 e. The predicted octanol–water partition coefficient (Wildman–Crippen LogP) is 3.88. The fourth-order valence-electron chi connectivity index (χ4n) is 2.15. The van der Waals surface area contributed by atoms with Gasteiger partial charge in [-0.2, -0.15) is 0 Å². The van der Waals surface area contributed by atoms with Crippen molar-refractivity contribution in [1.82, 2.24) is 15.5 Å². The zero-order valence-corrected chi connectivity index (χ0v) is 13.3. The summed E-state index contributed by atoms with van der Waals surface area (Å²) in [5, 5.41) is 15.0. The van der Waals surface area contributed by atoms with Crippen LogP contribution in [0.5, 0.6) is 0 Å². The van der Waals surface area contributed by atoms with Gasteiger partial charge in [-0.3, -0.25) is 0 Å². The Morgan fingerprint density at radius 1 is 1.19 bits per heavy atom. The van der Waals surface area contributed by atoms with Crippen LogP contribution >= 0.6 is 11.3 Å². The number of hydrogen-bond donors (Lipinski definition) is 1. The molecule has 0 amide bonds. The lowest BCUT2D eigenvalue weighted by Crippen LogP contribution is -2.37. The highest BCUT2D eigenvalue weighted by Gasteiger charge is 2.14. The number of rotatable bonds is 4. The number of aromatic nitrogens is 2. The summed E-state index contributed by atoms with van der Waals surface area (Å²) in [5.74, 6) is 1.29. The highest BCUT2D eigenvalue weighted by atomic mass is 32.1. The number of nitrogens with zero attached hydrogens (tertiary/aromatic N) is 2. The summed E-state index contributed by atoms with van der Waals surface area (Å²) in [4.78, 5) is 0. The van der Waals surface area contributed by atoms with E-state index in [2.05, 4.69) is 53.8 Å². The van der Waals surface area contributed by atoms with E-state index < -0.39 is 0 Å². The summed E-state index contributed by atoms with van der Waals surface area (Å²) in [6, 6.07) is 8.27. The van der Waals surface area contributed by atoms with Gasteiger partial charge in [0.2, 0.25) is 11.8 Å². The Kier molecular flexibility index (Phi) is 3.78. The van der Waals surface area contributed by atoms with E-state index in [1.807, 2.05) is 12.1 Å². The monoisotopic (exact) mass is 301 g/mol. The summed E-state index contributed by atoms with van der Waals surface area (Å²) >= 11 is 1.70. The normalized spacial score (nSPS) is 12.1. The molecule has 1 N–H and O–H groups in total. The number of fused-ring (bicyclic) bond motifs is 1. The fraction of sp³-hybridized carbons (Fsp3) is 0.375. The zero-order valence-electron chi connectivity index (χ0n) is 12.5. The van der Waals surface area contributed by atoms with Crippen molar-refractivity contribution in [3.05, 3.63) is 35.5 Å². The van der Waals surface area contributed by atoms with Crippen LogP contribution in [0.15, 0.2) is 34.1 Å². The SMILES string of the molecule is CC(C)(C)NCCc1nnc(-c2csc3ccccc23)o1. The van der Waals surface area contributed by atoms with Crippen LogP contribution in [0.25, 0.3) is 21.5 Å². The average Bonchev–Trinajstić information content (AvgIpc) is 3.03. The van der Waals surface area contributed by atoms with Gasteiger partial charge in [0.05, 0.1) is 5.56 Å². The maximum atomic E-state index is 5.80. The van der Waals surface area contributed by atoms with E-state index in [4.69, 9.17) is 4.42 Å². The molecule has 5 heteroatoms. The summed E-state index contributed by atoms with van der Waals surface area (Å²) in [6.07, 6.45) is 0.742. The van der Waals surface area contributed by atoms with Crippen molar-refractivity contribution < 1.29 is 4.42 Å². The highest BCUT2D eigenvalue weighted by Crippen LogP contribution is 2.32. The first-order chi connectivity index (χ1) is 10.0. The molecule has 2 heterocycles. The second-order valence-corrected chi connectivity index (χ2v) is 6.98. The summed E-state index contributed by atoms with van der Waals surface area (Å²) in [6.45, 7) is 7.26. The molecule has 0 radical (unpaired) electrons. The van der Waals surface area contributed by atoms with Gasteiger partial charge in [0, 0.05) is 34.0 Å². The lowest BCUT2D eigenvalue weighted by molar-refractivity contribution is 0.412. The molecule has 0 unspecified atom stereocenters. The lowest BCUT2D eigenvalue weighted by atomic mass is 10.1. The van der Waals surface area contributed by atoms with Crippen LogP contribution in [0.1, 0.15) is 26.7 Å². The first-order valence-electron chi connectivity index (χ1n) is 7.07. The molecule has 0 saturated heterocycles. The minimum absolute atomic E-state index is 0.104. The quantitative estimate of drug-likeness (QED) is 0.794. The van der Waals surface area contributed by atoms with Crippen LogP contribution < -0.4 is 5.32 Å². The molecule has 0 atom stereocenters. The molecule has 3 aromatic rings. The lowest BCUT2D eigenvalue weighted by Gasteiger charge is -2.19. The van der Waals surface area contributed by atoms with Crippen LogP contribution in [-0.2, 0) is 6.42 Å². The van der Waals surface area contributed by atoms with Gasteiger partial charge in [0.15, 0.2) is 0 Å². The van der Waals surface area contributed by atoms with E-state index in [9.17, 15) is 0 Å². The molecule has 0 saturated carbocycles. The van der Waals surface area contributed by atoms with Gasteiger partial charge >= 0.3 is 0 Å². The predicted molar refractivity (Wildman–Crippen MR) is 86.6 cm³/mol. The number of hydrogen-bond acceptors (Lipinski definition) is 5. The van der Waals surface area contributed by atoms with Gasteiger partial charge in [0.25, 0.3) is 0 Å². The van der Waals surface area contributed by atoms with E-state index in [1.54, 1.807) is 11.3 Å². The third kappa shape index (κ3) is 3.31. The second kappa shape index (κ2) is 5.58. The van der Waals surface area contributed by atoms with Crippen LogP contribution in [0.4, 0.5) is 0 Å². The molecule has 0 spiro atoms. The van der Waals surface area contributed by atoms with E-state index in [1.165, 1.54) is 10.1 Å². The van der Waals surface area contributed by atoms with Gasteiger partial charge in [-0.1, -0.05) is 18.2 Å². The maximum Gasteiger partial charge on any atom is 0.249 e. The van der Waals surface area contributed by atoms with E-state index in [-0.39, 0.29) is 5.54 Å². The summed E-state index contributed by atoms with van der Waals surface area (Å²) in [5.41, 5.74) is 1.13. The Hall–Kier alpha value is -1.72. The average molecular weight is 301 g/mol. The minimum atomic E-state index is 0.104. The zero-order chi connectivity index (χ0) is 14.9. The molecule has 0 bridgehead atoms. The van der Waals surface area contributed by atoms with Crippen molar-refractivity contribution in [2.45, 2.75) is 32.7 Å². The first kappa shape index (κ1) is 14.2. The van der Waals surface area contributed by atoms with Crippen molar-refractivity contribution in [1.29, 1.82) is 0 Å². The van der Waals surface area contributed by atoms with Crippen LogP contribution in [0, 0.1) is 0 Å². The maximum absolute atomic E-state index is 5.80. The van der Waals surface area contributed by atoms with Gasteiger partial charge in [0.1, 0.15) is 0 Å². The van der Waals surface area contributed by atoms with Crippen LogP contribution in [0.2, 0.25) is 0 Å². The molecular formula is C16H19N3OS. The molecule has 0 fully saturated rings. The van der Waals surface area contributed by atoms with Crippen molar-refractivity contribution in [3.63, 3.8) is 0 Å². The highest BCUT2D eigenvalue weighted by molar-refractivity contribution is 7.17. The van der Waals surface area contributed by atoms with E-state index >= 15 is 0 Å². The summed E-state index contributed by atoms with van der Waals surface area (Å²) < 4.78 is 7.03. The smallest absolute Gasteiger partial charge is 0.249 e. The molecular weight excluding hydrogens is 282 g/mol. The fourth-order valence-corrected chi connectivity index (χ4v) is 3.09. The molecule has 0 aliphatic rings. The second-order valence-electron chi connectivity index (χ2n) is 6.07. The van der Waals surface area contributed by atoms with E-state index in [0.717, 1.165) is 18.5 Å². The largest absolute Gasteiger partial charge is 0.421 e. The van der Waals surface area contributed by atoms with Crippen LogP contribution in [-0.4, -0.2) is 22.3 Å². The standard InChI is InChI=1S/C16H19N3OS/c1-16(2,3)17-9-8-14-18-19-15(20-14)12-10-21-13-7-5-4-6-11(12)13/h4-7,10,17H,8-9H2,1-3H3. The Bertz CT molecular complexity index is 739. The molecule has 1 aromatic carbocycles. The van der Waals surface area contributed by atoms with Crippen molar-refractivity contribution in [3.8, 4) is 11.5 Å². The number of thiophene rings is 1. The third-order valence-electron chi connectivity index (χ3n) is 3.17. The number of nitrogens with one attached hydrogen (secondary N) is 1. The van der Waals surface area contributed by atoms with Gasteiger partial charge in [-0.15, -0.1) is 21.5 Å². The van der Waals surface area contributed by atoms with Gasteiger partial charge in [-0.05, 0) is 26.8 Å². The Labute approximate surface area is 128 Å². The molecule has 0 aliphatic carbocycles. The van der Waals surface area contributed by atoms with Crippen molar-refractivity contribution in [2.75, 3.05) is 6.54 Å². The van der Waals surface area contributed by atoms with Crippen molar-refractivity contribution in [2.24, 2.45) is 0 Å². The Morgan fingerprint density at radius 3 is 2.81 bits per heavy atom. The number of benzene rings is 1. The van der Waals surface area contributed by atoms with Crippen molar-refractivity contribution >= 4 is 21.4 Å². The Morgan fingerprint density at radius 2 is 2.00 bits per heavy atom. The molecule has 3 rings (SSSR count). The molecule has 2 aromatic heterocycles. The molecule has 0 aliphatic heterocycles. The van der Waals surface area contributed by atoms with Gasteiger partial charge < -0.3 is 9.73 Å². The molecule has 4 nitrogen and oxygen atoms in total. The molecule has 21 heavy (non-hydrogen) atoms. The summed E-state index contributed by atoms with van der Waals surface area (Å²) in [7, 11) is 0. The Balaban J connectivity index is 1.76. The van der Waals surface area contributed by atoms with Crippen LogP contribution in [0.3, 0.4) is 0 Å². The third-order valence-corrected chi connectivity index (χ3v) is 4.14. The van der Waals surface area contributed by atoms with Gasteiger partial charge in [-0.25, -0.2) is 0 Å². The molecule has 110 valence electrons. The van der Waals surface area contributed by atoms with E-state index in [0.29, 0.717) is 11.8 Å². The first-order valence-corrected chi connectivity index (χ1v) is 7.95. The topological polar surface area (TPSA) is 51.0 Å².